The van der Waals surface area contributed by atoms with Crippen LogP contribution in [0, 0.1) is 19.7 Å². The second kappa shape index (κ2) is 13.1. The van der Waals surface area contributed by atoms with Gasteiger partial charge in [0, 0.05) is 48.5 Å². The van der Waals surface area contributed by atoms with Gasteiger partial charge in [0.15, 0.2) is 0 Å². The lowest BCUT2D eigenvalue weighted by Gasteiger charge is -2.38. The van der Waals surface area contributed by atoms with Gasteiger partial charge in [-0.2, -0.15) is 26.3 Å². The van der Waals surface area contributed by atoms with Gasteiger partial charge in [0.2, 0.25) is 0 Å². The summed E-state index contributed by atoms with van der Waals surface area (Å²) in [5.74, 6) is -3.86. The molecule has 9 nitrogen and oxygen atoms in total. The van der Waals surface area contributed by atoms with E-state index < -0.39 is 77.4 Å². The highest BCUT2D eigenvalue weighted by molar-refractivity contribution is 5.99. The number of carboxylic acid groups (broad SMARTS) is 1. The van der Waals surface area contributed by atoms with Gasteiger partial charge < -0.3 is 24.6 Å². The second-order valence-corrected chi connectivity index (χ2v) is 11.6. The zero-order chi connectivity index (χ0) is 36.0. The van der Waals surface area contributed by atoms with Crippen LogP contribution in [0.5, 0.6) is 0 Å². The highest BCUT2D eigenvalue weighted by atomic mass is 19.4. The number of benzene rings is 2. The third-order valence-electron chi connectivity index (χ3n) is 8.47. The minimum atomic E-state index is -4.89. The predicted molar refractivity (Wildman–Crippen MR) is 164 cm³/mol. The number of nitrogens with one attached hydrogen (secondary N) is 1. The molecule has 2 N–H and O–H groups in total. The van der Waals surface area contributed by atoms with Gasteiger partial charge in [0.1, 0.15) is 17.9 Å². The predicted octanol–water partition coefficient (Wildman–Crippen LogP) is 5.57. The van der Waals surface area contributed by atoms with Gasteiger partial charge in [-0.05, 0) is 49.2 Å². The van der Waals surface area contributed by atoms with Crippen molar-refractivity contribution in [1.29, 1.82) is 0 Å². The molecule has 2 aromatic carbocycles. The van der Waals surface area contributed by atoms with Gasteiger partial charge in [-0.15, -0.1) is 0 Å². The van der Waals surface area contributed by atoms with Crippen LogP contribution in [0.15, 0.2) is 53.5 Å². The standard InChI is InChI=1S/C33H29F7N4O5/c1-16-11-19(44-9-10-49-15-25(44)33(38,39)40)14-23(34)26(16)29(45)42-24(31(47)48)13-18-6-7-21(28-20(18)5-4-8-41-28)27-22(32(35,36)37)12-17(2)43(3)30(27)46/h4-8,11-12,14,24-25H,9-10,13,15H2,1-3H3,(H,42,45)(H,47,48)/t24-,25+/m0/s1. The molecule has 1 aliphatic heterocycles. The first-order valence-corrected chi connectivity index (χ1v) is 14.8. The lowest BCUT2D eigenvalue weighted by atomic mass is 9.93. The molecular weight excluding hydrogens is 665 g/mol. The third-order valence-corrected chi connectivity index (χ3v) is 8.47. The van der Waals surface area contributed by atoms with E-state index >= 15 is 4.39 Å². The molecule has 3 heterocycles. The molecule has 1 aliphatic rings. The summed E-state index contributed by atoms with van der Waals surface area (Å²) in [6.07, 6.45) is -8.70. The molecule has 4 aromatic rings. The second-order valence-electron chi connectivity index (χ2n) is 11.6. The van der Waals surface area contributed by atoms with E-state index in [0.29, 0.717) is 0 Å². The van der Waals surface area contributed by atoms with Crippen LogP contribution in [0.25, 0.3) is 22.0 Å². The maximum absolute atomic E-state index is 15.4. The first-order valence-electron chi connectivity index (χ1n) is 14.8. The Morgan fingerprint density at radius 1 is 1.10 bits per heavy atom. The van der Waals surface area contributed by atoms with E-state index in [1.807, 2.05) is 0 Å². The summed E-state index contributed by atoms with van der Waals surface area (Å²) in [7, 11) is 1.32. The number of aryl methyl sites for hydroxylation is 2. The van der Waals surface area contributed by atoms with Gasteiger partial charge in [-0.25, -0.2) is 9.18 Å². The van der Waals surface area contributed by atoms with E-state index in [1.165, 1.54) is 57.4 Å². The van der Waals surface area contributed by atoms with Crippen molar-refractivity contribution >= 4 is 28.5 Å². The molecule has 0 aliphatic carbocycles. The van der Waals surface area contributed by atoms with Gasteiger partial charge in [0.05, 0.1) is 35.4 Å². The number of hydrogen-bond acceptors (Lipinski definition) is 6. The number of pyridine rings is 2. The summed E-state index contributed by atoms with van der Waals surface area (Å²) in [5.41, 5.74) is -3.38. The summed E-state index contributed by atoms with van der Waals surface area (Å²) in [4.78, 5) is 43.8. The van der Waals surface area contributed by atoms with E-state index in [1.54, 1.807) is 0 Å². The fourth-order valence-electron chi connectivity index (χ4n) is 5.93. The van der Waals surface area contributed by atoms with E-state index in [-0.39, 0.29) is 52.1 Å². The summed E-state index contributed by atoms with van der Waals surface area (Å²) in [6.45, 7) is 1.76. The van der Waals surface area contributed by atoms with Crippen LogP contribution >= 0.6 is 0 Å². The summed E-state index contributed by atoms with van der Waals surface area (Å²) >= 11 is 0. The molecule has 0 bridgehead atoms. The Morgan fingerprint density at radius 3 is 2.45 bits per heavy atom. The average Bonchev–Trinajstić information content (AvgIpc) is 3.02. The number of carbonyl (C=O) groups excluding carboxylic acids is 1. The summed E-state index contributed by atoms with van der Waals surface area (Å²) in [5, 5.41) is 12.4. The topological polar surface area (TPSA) is 114 Å². The summed E-state index contributed by atoms with van der Waals surface area (Å²) in [6, 6.07) is 4.54. The van der Waals surface area contributed by atoms with E-state index in [2.05, 4.69) is 10.3 Å². The summed E-state index contributed by atoms with van der Waals surface area (Å²) < 4.78 is 105. The zero-order valence-corrected chi connectivity index (χ0v) is 26.2. The van der Waals surface area contributed by atoms with Gasteiger partial charge in [-0.1, -0.05) is 18.2 Å². The fourth-order valence-corrected chi connectivity index (χ4v) is 5.93. The largest absolute Gasteiger partial charge is 0.480 e. The number of fused-ring (bicyclic) bond motifs is 1. The van der Waals surface area contributed by atoms with Crippen LogP contribution in [0.3, 0.4) is 0 Å². The van der Waals surface area contributed by atoms with Gasteiger partial charge in [-0.3, -0.25) is 14.6 Å². The smallest absolute Gasteiger partial charge is 0.417 e. The Bertz CT molecular complexity index is 1990. The van der Waals surface area contributed by atoms with Crippen LogP contribution in [0.2, 0.25) is 0 Å². The Balaban J connectivity index is 1.48. The number of alkyl halides is 6. The lowest BCUT2D eigenvalue weighted by molar-refractivity contribution is -0.167. The number of carboxylic acids is 1. The number of hydrogen-bond donors (Lipinski definition) is 2. The average molecular weight is 695 g/mol. The number of amides is 1. The molecule has 0 saturated carbocycles. The van der Waals surface area contributed by atoms with Crippen molar-refractivity contribution in [2.24, 2.45) is 7.05 Å². The van der Waals surface area contributed by atoms with Crippen LogP contribution in [0.1, 0.15) is 32.7 Å². The number of anilines is 1. The number of carbonyl (C=O) groups is 2. The molecule has 5 rings (SSSR count). The van der Waals surface area contributed by atoms with Crippen molar-refractivity contribution in [3.8, 4) is 11.1 Å². The van der Waals surface area contributed by atoms with E-state index in [4.69, 9.17) is 4.74 Å². The molecule has 1 fully saturated rings. The van der Waals surface area contributed by atoms with Crippen LogP contribution < -0.4 is 15.8 Å². The maximum Gasteiger partial charge on any atom is 0.417 e. The van der Waals surface area contributed by atoms with Gasteiger partial charge in [0.25, 0.3) is 11.5 Å². The number of rotatable bonds is 7. The quantitative estimate of drug-likeness (QED) is 0.244. The minimum absolute atomic E-state index is 0.0281. The van der Waals surface area contributed by atoms with Crippen molar-refractivity contribution in [2.75, 3.05) is 24.7 Å². The normalized spacial score (nSPS) is 16.1. The minimum Gasteiger partial charge on any atom is -0.480 e. The molecule has 1 saturated heterocycles. The molecule has 260 valence electrons. The molecule has 0 unspecified atom stereocenters. The highest BCUT2D eigenvalue weighted by Crippen LogP contribution is 2.39. The van der Waals surface area contributed by atoms with Crippen molar-refractivity contribution in [1.82, 2.24) is 14.9 Å². The molecular formula is C33H29F7N4O5. The molecule has 49 heavy (non-hydrogen) atoms. The maximum atomic E-state index is 15.4. The van der Waals surface area contributed by atoms with Crippen molar-refractivity contribution < 1.29 is 50.2 Å². The monoisotopic (exact) mass is 694 g/mol. The Morgan fingerprint density at radius 2 is 1.82 bits per heavy atom. The first kappa shape index (κ1) is 35.3. The number of aromatic nitrogens is 2. The van der Waals surface area contributed by atoms with Crippen LogP contribution in [-0.4, -0.2) is 64.6 Å². The Kier molecular flexibility index (Phi) is 9.47. The molecule has 2 aromatic heterocycles. The van der Waals surface area contributed by atoms with Crippen molar-refractivity contribution in [3.05, 3.63) is 92.8 Å². The fraction of sp³-hybridized carbons (Fsp3) is 0.333. The van der Waals surface area contributed by atoms with Crippen molar-refractivity contribution in [2.45, 2.75) is 44.7 Å². The third kappa shape index (κ3) is 6.95. The van der Waals surface area contributed by atoms with E-state index in [9.17, 15) is 45.8 Å². The number of nitrogens with zero attached hydrogens (tertiary/aromatic N) is 3. The number of aliphatic carboxylic acids is 1. The molecule has 16 heteroatoms. The molecule has 0 radical (unpaired) electrons. The number of ether oxygens (including phenoxy) is 1. The Labute approximate surface area is 273 Å². The number of morpholine rings is 1. The van der Waals surface area contributed by atoms with E-state index in [0.717, 1.165) is 21.6 Å². The first-order chi connectivity index (χ1) is 22.9. The molecule has 0 spiro atoms. The molecule has 1 amide bonds. The SMILES string of the molecule is Cc1cc(N2CCOC[C@@H]2C(F)(F)F)cc(F)c1C(=O)N[C@@H](Cc1ccc(-c2c(C(F)(F)F)cc(C)n(C)c2=O)c2ncccc12)C(=O)O. The number of halogens is 7. The van der Waals surface area contributed by atoms with Crippen LogP contribution in [0.4, 0.5) is 36.4 Å². The lowest BCUT2D eigenvalue weighted by Crippen LogP contribution is -2.53. The Hall–Kier alpha value is -4.99. The molecule has 2 atom stereocenters. The van der Waals surface area contributed by atoms with Crippen LogP contribution in [-0.2, 0) is 29.2 Å². The van der Waals surface area contributed by atoms with Crippen molar-refractivity contribution in [3.63, 3.8) is 0 Å². The zero-order valence-electron chi connectivity index (χ0n) is 26.2. The highest BCUT2D eigenvalue weighted by Gasteiger charge is 2.46. The van der Waals surface area contributed by atoms with Gasteiger partial charge >= 0.3 is 18.3 Å².